The summed E-state index contributed by atoms with van der Waals surface area (Å²) in [5.41, 5.74) is 5.79. The second kappa shape index (κ2) is 7.29. The SMILES string of the molecule is CC(C)CCNS(=O)(=O)c1ccccc1C#CCN. The van der Waals surface area contributed by atoms with Crippen molar-refractivity contribution >= 4 is 10.0 Å². The van der Waals surface area contributed by atoms with Crippen LogP contribution in [0.2, 0.25) is 0 Å². The summed E-state index contributed by atoms with van der Waals surface area (Å²) in [7, 11) is -3.51. The van der Waals surface area contributed by atoms with Crippen molar-refractivity contribution in [2.75, 3.05) is 13.1 Å². The van der Waals surface area contributed by atoms with Gasteiger partial charge in [-0.05, 0) is 24.5 Å². The Balaban J connectivity index is 2.94. The summed E-state index contributed by atoms with van der Waals surface area (Å²) in [6, 6.07) is 6.68. The molecule has 0 unspecified atom stereocenters. The van der Waals surface area contributed by atoms with Crippen molar-refractivity contribution in [2.45, 2.75) is 25.2 Å². The number of rotatable bonds is 5. The van der Waals surface area contributed by atoms with Crippen LogP contribution in [0.15, 0.2) is 29.2 Å². The molecule has 0 aliphatic rings. The van der Waals surface area contributed by atoms with E-state index in [0.717, 1.165) is 6.42 Å². The Kier molecular flexibility index (Phi) is 6.03. The van der Waals surface area contributed by atoms with Crippen LogP contribution in [0, 0.1) is 17.8 Å². The first-order chi connectivity index (χ1) is 8.97. The van der Waals surface area contributed by atoms with Crippen molar-refractivity contribution in [2.24, 2.45) is 11.7 Å². The maximum absolute atomic E-state index is 12.2. The second-order valence-electron chi connectivity index (χ2n) is 4.58. The van der Waals surface area contributed by atoms with Gasteiger partial charge in [-0.2, -0.15) is 0 Å². The zero-order valence-electron chi connectivity index (χ0n) is 11.3. The summed E-state index contributed by atoms with van der Waals surface area (Å²) >= 11 is 0. The lowest BCUT2D eigenvalue weighted by Crippen LogP contribution is -2.26. The lowest BCUT2D eigenvalue weighted by Gasteiger charge is -2.09. The molecule has 104 valence electrons. The number of nitrogens with one attached hydrogen (secondary N) is 1. The molecule has 0 aliphatic carbocycles. The van der Waals surface area contributed by atoms with Crippen LogP contribution in [-0.4, -0.2) is 21.5 Å². The third-order valence-electron chi connectivity index (χ3n) is 2.52. The molecule has 0 saturated heterocycles. The van der Waals surface area contributed by atoms with Gasteiger partial charge in [0.25, 0.3) is 0 Å². The van der Waals surface area contributed by atoms with Gasteiger partial charge in [-0.1, -0.05) is 37.8 Å². The second-order valence-corrected chi connectivity index (χ2v) is 6.32. The first kappa shape index (κ1) is 15.7. The highest BCUT2D eigenvalue weighted by atomic mass is 32.2. The van der Waals surface area contributed by atoms with E-state index >= 15 is 0 Å². The van der Waals surface area contributed by atoms with Crippen LogP contribution in [-0.2, 0) is 10.0 Å². The van der Waals surface area contributed by atoms with Crippen molar-refractivity contribution in [3.8, 4) is 11.8 Å². The number of benzene rings is 1. The average Bonchev–Trinajstić information content (AvgIpc) is 2.36. The van der Waals surface area contributed by atoms with Gasteiger partial charge in [0.05, 0.1) is 11.4 Å². The lowest BCUT2D eigenvalue weighted by molar-refractivity contribution is 0.551. The van der Waals surface area contributed by atoms with Crippen molar-refractivity contribution in [3.63, 3.8) is 0 Å². The van der Waals surface area contributed by atoms with E-state index < -0.39 is 10.0 Å². The predicted octanol–water partition coefficient (Wildman–Crippen LogP) is 1.32. The molecule has 0 radical (unpaired) electrons. The molecule has 0 aromatic heterocycles. The zero-order chi connectivity index (χ0) is 14.3. The molecule has 0 spiro atoms. The van der Waals surface area contributed by atoms with Gasteiger partial charge >= 0.3 is 0 Å². The summed E-state index contributed by atoms with van der Waals surface area (Å²) in [5, 5.41) is 0. The normalized spacial score (nSPS) is 11.2. The molecule has 1 aromatic carbocycles. The van der Waals surface area contributed by atoms with Crippen molar-refractivity contribution in [1.29, 1.82) is 0 Å². The van der Waals surface area contributed by atoms with Crippen LogP contribution in [0.25, 0.3) is 0 Å². The maximum Gasteiger partial charge on any atom is 0.241 e. The summed E-state index contributed by atoms with van der Waals surface area (Å²) in [6.45, 7) is 4.73. The fourth-order valence-corrected chi connectivity index (χ4v) is 2.72. The van der Waals surface area contributed by atoms with Crippen LogP contribution in [0.4, 0.5) is 0 Å². The van der Waals surface area contributed by atoms with E-state index in [1.807, 2.05) is 0 Å². The maximum atomic E-state index is 12.2. The molecule has 0 atom stereocenters. The summed E-state index contributed by atoms with van der Waals surface area (Å²) < 4.78 is 27.0. The number of hydrogen-bond acceptors (Lipinski definition) is 3. The van der Waals surface area contributed by atoms with Crippen LogP contribution >= 0.6 is 0 Å². The molecule has 0 bridgehead atoms. The topological polar surface area (TPSA) is 72.2 Å². The molecule has 4 nitrogen and oxygen atoms in total. The predicted molar refractivity (Wildman–Crippen MR) is 77.0 cm³/mol. The standard InChI is InChI=1S/C14H20N2O2S/c1-12(2)9-11-16-19(17,18)14-8-4-3-6-13(14)7-5-10-15/h3-4,6,8,12,16H,9-11,15H2,1-2H3. The molecule has 0 heterocycles. The Bertz CT molecular complexity index is 569. The highest BCUT2D eigenvalue weighted by Gasteiger charge is 2.16. The lowest BCUT2D eigenvalue weighted by atomic mass is 10.1. The van der Waals surface area contributed by atoms with E-state index in [1.165, 1.54) is 0 Å². The largest absolute Gasteiger partial charge is 0.320 e. The van der Waals surface area contributed by atoms with Gasteiger partial charge in [0.2, 0.25) is 10.0 Å². The molecular weight excluding hydrogens is 260 g/mol. The molecule has 5 heteroatoms. The van der Waals surface area contributed by atoms with Gasteiger partial charge < -0.3 is 5.73 Å². The van der Waals surface area contributed by atoms with Gasteiger partial charge in [-0.25, -0.2) is 13.1 Å². The molecule has 1 aromatic rings. The van der Waals surface area contributed by atoms with E-state index in [1.54, 1.807) is 24.3 Å². The van der Waals surface area contributed by atoms with E-state index in [0.29, 0.717) is 18.0 Å². The van der Waals surface area contributed by atoms with Crippen LogP contribution in [0.3, 0.4) is 0 Å². The Morgan fingerprint density at radius 1 is 1.32 bits per heavy atom. The van der Waals surface area contributed by atoms with Crippen molar-refractivity contribution in [1.82, 2.24) is 4.72 Å². The van der Waals surface area contributed by atoms with Crippen LogP contribution < -0.4 is 10.5 Å². The Morgan fingerprint density at radius 3 is 2.63 bits per heavy atom. The van der Waals surface area contributed by atoms with Gasteiger partial charge in [0.1, 0.15) is 0 Å². The minimum absolute atomic E-state index is 0.204. The molecule has 0 aliphatic heterocycles. The fourth-order valence-electron chi connectivity index (χ4n) is 1.51. The number of sulfonamides is 1. The molecule has 19 heavy (non-hydrogen) atoms. The highest BCUT2D eigenvalue weighted by molar-refractivity contribution is 7.89. The van der Waals surface area contributed by atoms with Gasteiger partial charge in [0, 0.05) is 12.1 Å². The molecule has 0 saturated carbocycles. The summed E-state index contributed by atoms with van der Waals surface area (Å²) in [5.74, 6) is 5.91. The summed E-state index contributed by atoms with van der Waals surface area (Å²) in [6.07, 6.45) is 0.801. The van der Waals surface area contributed by atoms with Crippen molar-refractivity contribution in [3.05, 3.63) is 29.8 Å². The zero-order valence-corrected chi connectivity index (χ0v) is 12.1. The first-order valence-corrected chi connectivity index (χ1v) is 7.73. The number of nitrogens with two attached hydrogens (primary N) is 1. The molecule has 1 rings (SSSR count). The van der Waals surface area contributed by atoms with E-state index in [-0.39, 0.29) is 11.4 Å². The van der Waals surface area contributed by atoms with Crippen LogP contribution in [0.1, 0.15) is 25.8 Å². The van der Waals surface area contributed by atoms with Crippen molar-refractivity contribution < 1.29 is 8.42 Å². The van der Waals surface area contributed by atoms with E-state index in [4.69, 9.17) is 5.73 Å². The summed E-state index contributed by atoms with van der Waals surface area (Å²) in [4.78, 5) is 0.208. The quantitative estimate of drug-likeness (QED) is 0.799. The highest BCUT2D eigenvalue weighted by Crippen LogP contribution is 2.14. The molecule has 3 N–H and O–H groups in total. The Morgan fingerprint density at radius 2 is 2.00 bits per heavy atom. The molecular formula is C14H20N2O2S. The number of hydrogen-bond donors (Lipinski definition) is 2. The molecule has 0 fully saturated rings. The minimum atomic E-state index is -3.51. The Labute approximate surface area is 115 Å². The average molecular weight is 280 g/mol. The van der Waals surface area contributed by atoms with Crippen LogP contribution in [0.5, 0.6) is 0 Å². The third kappa shape index (κ3) is 5.03. The van der Waals surface area contributed by atoms with Gasteiger partial charge in [-0.3, -0.25) is 0 Å². The van der Waals surface area contributed by atoms with Gasteiger partial charge in [-0.15, -0.1) is 0 Å². The smallest absolute Gasteiger partial charge is 0.241 e. The van der Waals surface area contributed by atoms with E-state index in [2.05, 4.69) is 30.4 Å². The first-order valence-electron chi connectivity index (χ1n) is 6.25. The third-order valence-corrected chi connectivity index (χ3v) is 4.03. The van der Waals surface area contributed by atoms with E-state index in [9.17, 15) is 8.42 Å². The molecule has 0 amide bonds. The Hall–Kier alpha value is -1.35. The monoisotopic (exact) mass is 280 g/mol. The van der Waals surface area contributed by atoms with Gasteiger partial charge in [0.15, 0.2) is 0 Å². The fraction of sp³-hybridized carbons (Fsp3) is 0.429. The minimum Gasteiger partial charge on any atom is -0.320 e.